The van der Waals surface area contributed by atoms with Crippen molar-refractivity contribution < 1.29 is 21.1 Å². The van der Waals surface area contributed by atoms with Gasteiger partial charge in [0.1, 0.15) is 0 Å². The second kappa shape index (κ2) is 11.4. The average Bonchev–Trinajstić information content (AvgIpc) is 2.76. The molecule has 0 fully saturated rings. The molecule has 3 aromatic heterocycles. The van der Waals surface area contributed by atoms with Crippen molar-refractivity contribution in [2.45, 2.75) is 76.3 Å². The van der Waals surface area contributed by atoms with Crippen LogP contribution in [-0.2, 0) is 57.2 Å². The van der Waals surface area contributed by atoms with Gasteiger partial charge in [-0.05, 0) is 83.3 Å². The Kier molecular flexibility index (Phi) is 9.49. The van der Waals surface area contributed by atoms with Gasteiger partial charge in [0.15, 0.2) is 0 Å². The van der Waals surface area contributed by atoms with E-state index in [4.69, 9.17) is 25.3 Å². The Bertz CT molecular complexity index is 1180. The van der Waals surface area contributed by atoms with Gasteiger partial charge >= 0.3 is 21.1 Å². The molecule has 1 aromatic carbocycles. The number of hydrogen-bond acceptors (Lipinski definition) is 6. The van der Waals surface area contributed by atoms with E-state index in [0.717, 1.165) is 22.4 Å². The van der Waals surface area contributed by atoms with Gasteiger partial charge < -0.3 is 25.3 Å². The molecule has 0 radical (unpaired) electrons. The minimum absolute atomic E-state index is 0. The Labute approximate surface area is 234 Å². The van der Waals surface area contributed by atoms with E-state index in [0.29, 0.717) is 10.1 Å². The predicted octanol–water partition coefficient (Wildman–Crippen LogP) is 6.79. The van der Waals surface area contributed by atoms with Crippen molar-refractivity contribution >= 4 is 36.3 Å². The molecule has 0 aliphatic carbocycles. The van der Waals surface area contributed by atoms with Crippen LogP contribution in [0.4, 0.5) is 0 Å². The van der Waals surface area contributed by atoms with E-state index in [1.165, 1.54) is 22.3 Å². The predicted molar refractivity (Wildman–Crippen MR) is 145 cm³/mol. The number of aromatic nitrogens is 4. The molecule has 35 heavy (non-hydrogen) atoms. The largest absolute Gasteiger partial charge is 2.00 e. The zero-order valence-electron chi connectivity index (χ0n) is 21.5. The monoisotopic (exact) mass is 683 g/mol. The second-order valence-electron chi connectivity index (χ2n) is 10.6. The Morgan fingerprint density at radius 1 is 0.600 bits per heavy atom. The molecule has 0 unspecified atom stereocenters. The molecule has 0 spiro atoms. The summed E-state index contributed by atoms with van der Waals surface area (Å²) in [5.74, 6) is 0. The van der Waals surface area contributed by atoms with Crippen LogP contribution < -0.4 is 0 Å². The second-order valence-corrected chi connectivity index (χ2v) is 11.4. The van der Waals surface area contributed by atoms with Crippen molar-refractivity contribution in [1.82, 2.24) is 19.9 Å². The third-order valence-electron chi connectivity index (χ3n) is 5.73. The van der Waals surface area contributed by atoms with Gasteiger partial charge in [-0.2, -0.15) is 0 Å². The molecule has 0 aliphatic rings. The van der Waals surface area contributed by atoms with Crippen molar-refractivity contribution in [3.8, 4) is 11.4 Å². The summed E-state index contributed by atoms with van der Waals surface area (Å²) in [7, 11) is 0. The molecule has 7 heteroatoms. The number of fused-ring (bicyclic) bond motifs is 1. The van der Waals surface area contributed by atoms with Gasteiger partial charge in [0, 0.05) is 12.4 Å². The van der Waals surface area contributed by atoms with E-state index in [1.54, 1.807) is 0 Å². The van der Waals surface area contributed by atoms with Gasteiger partial charge in [-0.15, -0.1) is 0 Å². The van der Waals surface area contributed by atoms with Crippen LogP contribution in [0.1, 0.15) is 63.8 Å². The molecule has 0 aliphatic heterocycles. The number of hydrogen-bond donors (Lipinski definition) is 0. The maximum atomic E-state index is 4.98. The zero-order chi connectivity index (χ0) is 25.3. The van der Waals surface area contributed by atoms with Crippen molar-refractivity contribution in [3.63, 3.8) is 0 Å². The maximum Gasteiger partial charge on any atom is 2.00 e. The van der Waals surface area contributed by atoms with Crippen LogP contribution in [-0.4, -0.2) is 19.9 Å². The molecule has 0 N–H and O–H groups in total. The molecular formula is C28H32N4PtS2. The van der Waals surface area contributed by atoms with Gasteiger partial charge in [0.05, 0.1) is 22.4 Å². The molecular weight excluding hydrogens is 652 g/mol. The van der Waals surface area contributed by atoms with Crippen LogP contribution in [0.2, 0.25) is 0 Å². The quantitative estimate of drug-likeness (QED) is 0.206. The van der Waals surface area contributed by atoms with Crippen LogP contribution in [0.3, 0.4) is 0 Å². The summed E-state index contributed by atoms with van der Waals surface area (Å²) in [6, 6.07) is 12.4. The fourth-order valence-corrected chi connectivity index (χ4v) is 3.64. The molecule has 3 heterocycles. The van der Waals surface area contributed by atoms with Gasteiger partial charge in [-0.1, -0.05) is 51.6 Å². The van der Waals surface area contributed by atoms with Gasteiger partial charge in [-0.25, -0.2) is 0 Å². The molecule has 0 amide bonds. The number of aryl methyl sites for hydroxylation is 2. The summed E-state index contributed by atoms with van der Waals surface area (Å²) in [5, 5.41) is 0.825. The summed E-state index contributed by atoms with van der Waals surface area (Å²) in [6.07, 6.45) is 3.75. The number of pyridine rings is 2. The summed E-state index contributed by atoms with van der Waals surface area (Å²) >= 11 is 9.96. The Hall–Kier alpha value is -2.01. The molecule has 4 nitrogen and oxygen atoms in total. The first-order valence-electron chi connectivity index (χ1n) is 11.3. The van der Waals surface area contributed by atoms with Gasteiger partial charge in [-0.3, -0.25) is 19.9 Å². The van der Waals surface area contributed by atoms with E-state index in [1.807, 2.05) is 38.4 Å². The molecule has 0 saturated carbocycles. The van der Waals surface area contributed by atoms with E-state index in [-0.39, 0.29) is 31.9 Å². The SMILES string of the molecule is CC(C)(C)c1ccnc(-c2cc(C(C)(C)C)ccn2)c1.Cc1cc2nc([S-])c([S-])nc2cc1C.[Pt+2]. The Morgan fingerprint density at radius 3 is 1.26 bits per heavy atom. The first-order valence-corrected chi connectivity index (χ1v) is 12.1. The van der Waals surface area contributed by atoms with Crippen LogP contribution in [0, 0.1) is 13.8 Å². The number of nitrogens with zero attached hydrogens (tertiary/aromatic N) is 4. The molecule has 4 aromatic rings. The summed E-state index contributed by atoms with van der Waals surface area (Å²) in [5.41, 5.74) is 8.75. The minimum atomic E-state index is 0. The molecule has 0 saturated heterocycles. The van der Waals surface area contributed by atoms with E-state index in [9.17, 15) is 0 Å². The van der Waals surface area contributed by atoms with Crippen LogP contribution in [0.25, 0.3) is 22.4 Å². The molecule has 0 bridgehead atoms. The zero-order valence-corrected chi connectivity index (χ0v) is 25.4. The van der Waals surface area contributed by atoms with Crippen molar-refractivity contribution in [2.75, 3.05) is 0 Å². The molecule has 186 valence electrons. The third kappa shape index (κ3) is 7.49. The first-order chi connectivity index (χ1) is 15.8. The molecule has 0 atom stereocenters. The van der Waals surface area contributed by atoms with Crippen LogP contribution in [0.5, 0.6) is 0 Å². The molecule has 4 rings (SSSR count). The Balaban J connectivity index is 0.000000254. The normalized spacial score (nSPS) is 11.4. The summed E-state index contributed by atoms with van der Waals surface area (Å²) in [4.78, 5) is 17.4. The fourth-order valence-electron chi connectivity index (χ4n) is 3.35. The number of benzene rings is 1. The van der Waals surface area contributed by atoms with E-state index < -0.39 is 0 Å². The van der Waals surface area contributed by atoms with Crippen LogP contribution in [0.15, 0.2) is 58.8 Å². The van der Waals surface area contributed by atoms with Crippen molar-refractivity contribution in [1.29, 1.82) is 0 Å². The van der Waals surface area contributed by atoms with Gasteiger partial charge in [0.25, 0.3) is 0 Å². The van der Waals surface area contributed by atoms with Crippen molar-refractivity contribution in [3.05, 3.63) is 71.0 Å². The average molecular weight is 684 g/mol. The van der Waals surface area contributed by atoms with E-state index in [2.05, 4.69) is 85.7 Å². The first kappa shape index (κ1) is 29.2. The maximum absolute atomic E-state index is 4.98. The smallest absolute Gasteiger partial charge is 0.760 e. The van der Waals surface area contributed by atoms with Crippen molar-refractivity contribution in [2.24, 2.45) is 0 Å². The number of rotatable bonds is 1. The third-order valence-corrected chi connectivity index (χ3v) is 6.43. The topological polar surface area (TPSA) is 51.6 Å². The fraction of sp³-hybridized carbons (Fsp3) is 0.357. The standard InChI is InChI=1S/C18H24N2.C10H10N2S2.Pt/c1-17(2,3)13-7-9-19-15(11-13)16-12-14(8-10-20-16)18(4,5)6;1-5-3-7-8(4-6(5)2)12-10(14)9(13)11-7;/h7-12H,1-6H3;3-4H,1-2H3,(H,11,13)(H,12,14);/q;;+2/p-2. The summed E-state index contributed by atoms with van der Waals surface area (Å²) < 4.78 is 0. The van der Waals surface area contributed by atoms with Gasteiger partial charge in [0.2, 0.25) is 0 Å². The van der Waals surface area contributed by atoms with E-state index >= 15 is 0 Å². The van der Waals surface area contributed by atoms with Crippen LogP contribution >= 0.6 is 0 Å². The minimum Gasteiger partial charge on any atom is -0.760 e. The Morgan fingerprint density at radius 2 is 0.943 bits per heavy atom. The summed E-state index contributed by atoms with van der Waals surface area (Å²) in [6.45, 7) is 17.4.